The van der Waals surface area contributed by atoms with Crippen LogP contribution >= 0.6 is 0 Å². The van der Waals surface area contributed by atoms with Gasteiger partial charge in [0.2, 0.25) is 0 Å². The van der Waals surface area contributed by atoms with Gasteiger partial charge in [0, 0.05) is 12.1 Å². The Kier molecular flexibility index (Phi) is 2.83. The van der Waals surface area contributed by atoms with E-state index >= 15 is 0 Å². The largest absolute Gasteiger partial charge is 0.269 e. The number of nitro benzene ring substituents is 1. The summed E-state index contributed by atoms with van der Waals surface area (Å²) in [6, 6.07) is 13.6. The lowest BCUT2D eigenvalue weighted by molar-refractivity contribution is -0.384. The maximum Gasteiger partial charge on any atom is 0.269 e. The van der Waals surface area contributed by atoms with Crippen molar-refractivity contribution in [3.63, 3.8) is 0 Å². The van der Waals surface area contributed by atoms with Gasteiger partial charge < -0.3 is 0 Å². The number of aromatic nitrogens is 6. The summed E-state index contributed by atoms with van der Waals surface area (Å²) in [6.07, 6.45) is 1.64. The number of rotatable bonds is 3. The lowest BCUT2D eigenvalue weighted by Gasteiger charge is -2.05. The fourth-order valence-corrected chi connectivity index (χ4v) is 2.33. The van der Waals surface area contributed by atoms with Gasteiger partial charge in [-0.3, -0.25) is 14.7 Å². The molecule has 112 valence electrons. The summed E-state index contributed by atoms with van der Waals surface area (Å²) in [6.45, 7) is 0. The molecule has 0 fully saturated rings. The van der Waals surface area contributed by atoms with Gasteiger partial charge in [0.1, 0.15) is 6.33 Å². The average Bonchev–Trinajstić information content (AvgIpc) is 3.21. The second-order valence-electron chi connectivity index (χ2n) is 4.77. The average molecular weight is 307 g/mol. The maximum atomic E-state index is 10.7. The number of nitro groups is 1. The summed E-state index contributed by atoms with van der Waals surface area (Å²) in [5.41, 5.74) is 2.32. The molecule has 2 heterocycles. The summed E-state index contributed by atoms with van der Waals surface area (Å²) in [7, 11) is 0. The number of imidazole rings is 1. The third kappa shape index (κ3) is 2.11. The Balaban J connectivity index is 1.84. The molecule has 0 saturated carbocycles. The number of benzene rings is 2. The van der Waals surface area contributed by atoms with Crippen molar-refractivity contribution in [1.82, 2.24) is 29.8 Å². The zero-order chi connectivity index (χ0) is 15.8. The molecule has 0 bridgehead atoms. The predicted octanol–water partition coefficient (Wildman–Crippen LogP) is 1.91. The first kappa shape index (κ1) is 13.1. The van der Waals surface area contributed by atoms with E-state index in [-0.39, 0.29) is 5.69 Å². The van der Waals surface area contributed by atoms with Crippen molar-refractivity contribution in [2.24, 2.45) is 0 Å². The van der Waals surface area contributed by atoms with Crippen LogP contribution in [-0.2, 0) is 0 Å². The molecule has 0 spiro atoms. The molecule has 0 atom stereocenters. The Morgan fingerprint density at radius 2 is 1.83 bits per heavy atom. The zero-order valence-electron chi connectivity index (χ0n) is 11.6. The molecule has 9 nitrogen and oxygen atoms in total. The van der Waals surface area contributed by atoms with Gasteiger partial charge in [-0.05, 0) is 34.7 Å². The summed E-state index contributed by atoms with van der Waals surface area (Å²) in [4.78, 5) is 14.6. The molecule has 0 aliphatic heterocycles. The molecule has 0 saturated heterocycles. The summed E-state index contributed by atoms with van der Waals surface area (Å²) in [5, 5.41) is 22.4. The Morgan fingerprint density at radius 1 is 1.04 bits per heavy atom. The summed E-state index contributed by atoms with van der Waals surface area (Å²) >= 11 is 0. The van der Waals surface area contributed by atoms with Crippen LogP contribution in [0.1, 0.15) is 0 Å². The molecular formula is C14H9N7O2. The number of tetrazole rings is 1. The molecule has 0 N–H and O–H groups in total. The Hall–Kier alpha value is -3.62. The van der Waals surface area contributed by atoms with E-state index in [1.807, 2.05) is 24.3 Å². The van der Waals surface area contributed by atoms with E-state index in [2.05, 4.69) is 20.5 Å². The van der Waals surface area contributed by atoms with E-state index in [1.54, 1.807) is 23.0 Å². The van der Waals surface area contributed by atoms with Gasteiger partial charge in [-0.15, -0.1) is 0 Å². The molecular weight excluding hydrogens is 298 g/mol. The second-order valence-corrected chi connectivity index (χ2v) is 4.77. The first-order chi connectivity index (χ1) is 11.2. The molecule has 2 aromatic heterocycles. The highest BCUT2D eigenvalue weighted by Gasteiger charge is 2.14. The summed E-state index contributed by atoms with van der Waals surface area (Å²) in [5.74, 6) is 0.451. The van der Waals surface area contributed by atoms with E-state index in [0.717, 1.165) is 11.0 Å². The zero-order valence-corrected chi connectivity index (χ0v) is 11.6. The highest BCUT2D eigenvalue weighted by atomic mass is 16.6. The number of hydrogen-bond acceptors (Lipinski definition) is 6. The number of para-hydroxylation sites is 2. The monoisotopic (exact) mass is 307 g/mol. The Bertz CT molecular complexity index is 1000. The van der Waals surface area contributed by atoms with Gasteiger partial charge in [-0.1, -0.05) is 17.2 Å². The lowest BCUT2D eigenvalue weighted by Crippen LogP contribution is -2.06. The van der Waals surface area contributed by atoms with Crippen LogP contribution in [0.2, 0.25) is 0 Å². The van der Waals surface area contributed by atoms with E-state index in [1.165, 1.54) is 16.8 Å². The molecule has 9 heteroatoms. The van der Waals surface area contributed by atoms with Crippen LogP contribution in [0.25, 0.3) is 22.7 Å². The van der Waals surface area contributed by atoms with Crippen molar-refractivity contribution < 1.29 is 4.92 Å². The minimum Gasteiger partial charge on any atom is -0.265 e. The number of fused-ring (bicyclic) bond motifs is 1. The van der Waals surface area contributed by atoms with Gasteiger partial charge in [0.05, 0.1) is 21.6 Å². The molecule has 0 unspecified atom stereocenters. The van der Waals surface area contributed by atoms with Crippen LogP contribution in [0.5, 0.6) is 0 Å². The fraction of sp³-hybridized carbons (Fsp3) is 0. The first-order valence-corrected chi connectivity index (χ1v) is 6.70. The molecule has 23 heavy (non-hydrogen) atoms. The Morgan fingerprint density at radius 3 is 2.61 bits per heavy atom. The molecule has 0 amide bonds. The second kappa shape index (κ2) is 4.98. The topological polar surface area (TPSA) is 105 Å². The highest BCUT2D eigenvalue weighted by molar-refractivity contribution is 5.76. The van der Waals surface area contributed by atoms with Gasteiger partial charge in [0.25, 0.3) is 11.6 Å². The van der Waals surface area contributed by atoms with E-state index in [0.29, 0.717) is 11.6 Å². The van der Waals surface area contributed by atoms with Crippen LogP contribution in [0, 0.1) is 10.1 Å². The third-order valence-electron chi connectivity index (χ3n) is 3.43. The number of nitrogens with zero attached hydrogens (tertiary/aromatic N) is 7. The van der Waals surface area contributed by atoms with Crippen molar-refractivity contribution in [3.8, 4) is 11.6 Å². The molecule has 2 aromatic carbocycles. The molecule has 0 aliphatic rings. The van der Waals surface area contributed by atoms with Crippen LogP contribution in [0.4, 0.5) is 5.69 Å². The van der Waals surface area contributed by atoms with Crippen molar-refractivity contribution in [3.05, 3.63) is 65.0 Å². The van der Waals surface area contributed by atoms with Gasteiger partial charge in [0.15, 0.2) is 0 Å². The quantitative estimate of drug-likeness (QED) is 0.423. The summed E-state index contributed by atoms with van der Waals surface area (Å²) < 4.78 is 3.26. The predicted molar refractivity (Wildman–Crippen MR) is 80.4 cm³/mol. The third-order valence-corrected chi connectivity index (χ3v) is 3.43. The highest BCUT2D eigenvalue weighted by Crippen LogP contribution is 2.19. The van der Waals surface area contributed by atoms with Crippen molar-refractivity contribution >= 4 is 16.7 Å². The normalized spacial score (nSPS) is 11.0. The molecule has 0 radical (unpaired) electrons. The molecule has 4 rings (SSSR count). The fourth-order valence-electron chi connectivity index (χ4n) is 2.33. The number of hydrogen-bond donors (Lipinski definition) is 0. The van der Waals surface area contributed by atoms with Crippen molar-refractivity contribution in [2.45, 2.75) is 0 Å². The van der Waals surface area contributed by atoms with E-state index in [4.69, 9.17) is 0 Å². The molecule has 0 aliphatic carbocycles. The number of non-ortho nitro benzene ring substituents is 1. The lowest BCUT2D eigenvalue weighted by atomic mass is 10.3. The van der Waals surface area contributed by atoms with E-state index < -0.39 is 4.92 Å². The van der Waals surface area contributed by atoms with Crippen molar-refractivity contribution in [2.75, 3.05) is 0 Å². The SMILES string of the molecule is O=[N+]([O-])c1ccc(-n2nnnc2-n2cnc3ccccc32)cc1. The van der Waals surface area contributed by atoms with Crippen LogP contribution in [0.15, 0.2) is 54.9 Å². The van der Waals surface area contributed by atoms with Crippen molar-refractivity contribution in [1.29, 1.82) is 0 Å². The van der Waals surface area contributed by atoms with Crippen LogP contribution in [-0.4, -0.2) is 34.7 Å². The maximum absolute atomic E-state index is 10.7. The van der Waals surface area contributed by atoms with Gasteiger partial charge in [-0.25, -0.2) is 4.98 Å². The minimum atomic E-state index is -0.451. The van der Waals surface area contributed by atoms with E-state index in [9.17, 15) is 10.1 Å². The smallest absolute Gasteiger partial charge is 0.265 e. The van der Waals surface area contributed by atoms with Gasteiger partial charge >= 0.3 is 0 Å². The van der Waals surface area contributed by atoms with Gasteiger partial charge in [-0.2, -0.15) is 4.68 Å². The standard InChI is InChI=1S/C14H9N7O2/c22-21(23)11-7-5-10(6-8-11)20-14(16-17-18-20)19-9-15-12-3-1-2-4-13(12)19/h1-9H. The van der Waals surface area contributed by atoms with Crippen LogP contribution < -0.4 is 0 Å². The minimum absolute atomic E-state index is 0.0106. The molecule has 4 aromatic rings. The Labute approximate surface area is 129 Å². The first-order valence-electron chi connectivity index (χ1n) is 6.70. The van der Waals surface area contributed by atoms with Crippen LogP contribution in [0.3, 0.4) is 0 Å².